The lowest BCUT2D eigenvalue weighted by Gasteiger charge is -2.16. The van der Waals surface area contributed by atoms with Crippen molar-refractivity contribution in [1.29, 1.82) is 0 Å². The smallest absolute Gasteiger partial charge is 0.231 e. The van der Waals surface area contributed by atoms with Crippen LogP contribution >= 0.6 is 0 Å². The molecule has 7 nitrogen and oxygen atoms in total. The summed E-state index contributed by atoms with van der Waals surface area (Å²) in [5, 5.41) is 11.6. The standard InChI is InChI=1S/C16H23N5O2/c1-4-5-12-8-14(21(3)19-12)18-16(22)13-6-7-23-15(13)11-9-17-20(2)10-11/h8-10,13,15H,4-7H2,1-3H3,(H,18,22)/t13-,15+/m0/s1. The highest BCUT2D eigenvalue weighted by Crippen LogP contribution is 2.35. The van der Waals surface area contributed by atoms with E-state index in [2.05, 4.69) is 22.4 Å². The molecule has 0 aromatic carbocycles. The van der Waals surface area contributed by atoms with Gasteiger partial charge in [-0.15, -0.1) is 0 Å². The van der Waals surface area contributed by atoms with E-state index >= 15 is 0 Å². The Morgan fingerprint density at radius 1 is 1.48 bits per heavy atom. The quantitative estimate of drug-likeness (QED) is 0.913. The van der Waals surface area contributed by atoms with Gasteiger partial charge in [0.1, 0.15) is 5.82 Å². The summed E-state index contributed by atoms with van der Waals surface area (Å²) in [6.45, 7) is 2.70. The Hall–Kier alpha value is -2.15. The van der Waals surface area contributed by atoms with Crippen LogP contribution in [0.25, 0.3) is 0 Å². The average molecular weight is 317 g/mol. The van der Waals surface area contributed by atoms with Crippen molar-refractivity contribution in [2.75, 3.05) is 11.9 Å². The number of anilines is 1. The summed E-state index contributed by atoms with van der Waals surface area (Å²) in [6.07, 6.45) is 6.09. The van der Waals surface area contributed by atoms with Crippen LogP contribution in [0.2, 0.25) is 0 Å². The first kappa shape index (κ1) is 15.7. The predicted molar refractivity (Wildman–Crippen MR) is 85.8 cm³/mol. The molecule has 1 fully saturated rings. The van der Waals surface area contributed by atoms with Crippen molar-refractivity contribution in [3.05, 3.63) is 29.7 Å². The van der Waals surface area contributed by atoms with Gasteiger partial charge >= 0.3 is 0 Å². The van der Waals surface area contributed by atoms with Crippen LogP contribution in [0.15, 0.2) is 18.5 Å². The number of aromatic nitrogens is 4. The van der Waals surface area contributed by atoms with E-state index in [1.165, 1.54) is 0 Å². The summed E-state index contributed by atoms with van der Waals surface area (Å²) < 4.78 is 9.21. The molecule has 3 heterocycles. The SMILES string of the molecule is CCCc1cc(NC(=O)[C@H]2CCO[C@@H]2c2cnn(C)c2)n(C)n1. The van der Waals surface area contributed by atoms with Crippen LogP contribution in [0.3, 0.4) is 0 Å². The van der Waals surface area contributed by atoms with Crippen LogP contribution in [-0.2, 0) is 30.0 Å². The normalized spacial score (nSPS) is 20.8. The fourth-order valence-electron chi connectivity index (χ4n) is 3.01. The van der Waals surface area contributed by atoms with Crippen LogP contribution in [0, 0.1) is 5.92 Å². The summed E-state index contributed by atoms with van der Waals surface area (Å²) in [5.74, 6) is 0.501. The van der Waals surface area contributed by atoms with Gasteiger partial charge in [-0.05, 0) is 12.8 Å². The highest BCUT2D eigenvalue weighted by Gasteiger charge is 2.36. The number of amides is 1. The van der Waals surface area contributed by atoms with Crippen LogP contribution in [-0.4, -0.2) is 32.1 Å². The zero-order valence-corrected chi connectivity index (χ0v) is 13.8. The van der Waals surface area contributed by atoms with E-state index in [0.29, 0.717) is 13.0 Å². The molecule has 0 saturated carbocycles. The van der Waals surface area contributed by atoms with Gasteiger partial charge in [0.05, 0.1) is 23.9 Å². The summed E-state index contributed by atoms with van der Waals surface area (Å²) in [4.78, 5) is 12.7. The zero-order valence-electron chi connectivity index (χ0n) is 13.8. The van der Waals surface area contributed by atoms with Gasteiger partial charge in [-0.1, -0.05) is 13.3 Å². The number of nitrogens with zero attached hydrogens (tertiary/aromatic N) is 4. The second-order valence-electron chi connectivity index (χ2n) is 6.02. The Morgan fingerprint density at radius 2 is 2.30 bits per heavy atom. The molecule has 0 radical (unpaired) electrons. The number of hydrogen-bond acceptors (Lipinski definition) is 4. The lowest BCUT2D eigenvalue weighted by Crippen LogP contribution is -2.26. The molecule has 1 N–H and O–H groups in total. The Bertz CT molecular complexity index is 690. The second-order valence-corrected chi connectivity index (χ2v) is 6.02. The highest BCUT2D eigenvalue weighted by molar-refractivity contribution is 5.92. The zero-order chi connectivity index (χ0) is 16.4. The van der Waals surface area contributed by atoms with Crippen molar-refractivity contribution in [2.24, 2.45) is 20.0 Å². The molecule has 7 heteroatoms. The minimum absolute atomic E-state index is 0.0256. The van der Waals surface area contributed by atoms with E-state index in [1.54, 1.807) is 15.6 Å². The third kappa shape index (κ3) is 3.29. The fraction of sp³-hybridized carbons (Fsp3) is 0.562. The van der Waals surface area contributed by atoms with Crippen molar-refractivity contribution in [1.82, 2.24) is 19.6 Å². The first-order valence-corrected chi connectivity index (χ1v) is 8.02. The molecular weight excluding hydrogens is 294 g/mol. The third-order valence-corrected chi connectivity index (χ3v) is 4.17. The minimum Gasteiger partial charge on any atom is -0.373 e. The Kier molecular flexibility index (Phi) is 4.47. The van der Waals surface area contributed by atoms with E-state index in [9.17, 15) is 4.79 Å². The summed E-state index contributed by atoms with van der Waals surface area (Å²) in [7, 11) is 3.71. The molecule has 3 rings (SSSR count). The van der Waals surface area contributed by atoms with Crippen molar-refractivity contribution >= 4 is 11.7 Å². The number of carbonyl (C=O) groups is 1. The van der Waals surface area contributed by atoms with Gasteiger partial charge in [-0.2, -0.15) is 10.2 Å². The molecule has 2 aromatic heterocycles. The maximum absolute atomic E-state index is 12.7. The minimum atomic E-state index is -0.230. The number of rotatable bonds is 5. The van der Waals surface area contributed by atoms with Gasteiger partial charge in [0.2, 0.25) is 5.91 Å². The average Bonchev–Trinajstić information content (AvgIpc) is 3.20. The van der Waals surface area contributed by atoms with E-state index in [1.807, 2.05) is 26.4 Å². The predicted octanol–water partition coefficient (Wildman–Crippen LogP) is 1.82. The van der Waals surface area contributed by atoms with Crippen molar-refractivity contribution in [2.45, 2.75) is 32.3 Å². The third-order valence-electron chi connectivity index (χ3n) is 4.17. The van der Waals surface area contributed by atoms with Gasteiger partial charge < -0.3 is 10.1 Å². The van der Waals surface area contributed by atoms with Crippen LogP contribution < -0.4 is 5.32 Å². The summed E-state index contributed by atoms with van der Waals surface area (Å²) in [5.41, 5.74) is 1.94. The molecule has 2 aromatic rings. The maximum atomic E-state index is 12.7. The van der Waals surface area contributed by atoms with Gasteiger partial charge in [0, 0.05) is 38.5 Å². The number of carbonyl (C=O) groups excluding carboxylic acids is 1. The molecule has 0 bridgehead atoms. The van der Waals surface area contributed by atoms with Gasteiger partial charge in [-0.25, -0.2) is 0 Å². The van der Waals surface area contributed by atoms with Gasteiger partial charge in [0.25, 0.3) is 0 Å². The number of aryl methyl sites for hydroxylation is 3. The van der Waals surface area contributed by atoms with E-state index in [0.717, 1.165) is 29.9 Å². The van der Waals surface area contributed by atoms with Crippen LogP contribution in [0.5, 0.6) is 0 Å². The lowest BCUT2D eigenvalue weighted by atomic mass is 9.96. The highest BCUT2D eigenvalue weighted by atomic mass is 16.5. The molecular formula is C16H23N5O2. The topological polar surface area (TPSA) is 74.0 Å². The number of ether oxygens (including phenoxy) is 1. The molecule has 0 aliphatic carbocycles. The van der Waals surface area contributed by atoms with E-state index < -0.39 is 0 Å². The van der Waals surface area contributed by atoms with Gasteiger partial charge in [0.15, 0.2) is 0 Å². The molecule has 124 valence electrons. The summed E-state index contributed by atoms with van der Waals surface area (Å²) >= 11 is 0. The van der Waals surface area contributed by atoms with Crippen LogP contribution in [0.1, 0.15) is 37.1 Å². The first-order chi connectivity index (χ1) is 11.1. The molecule has 0 unspecified atom stereocenters. The Morgan fingerprint density at radius 3 is 3.00 bits per heavy atom. The number of hydrogen-bond donors (Lipinski definition) is 1. The molecule has 2 atom stereocenters. The summed E-state index contributed by atoms with van der Waals surface area (Å²) in [6, 6.07) is 1.94. The van der Waals surface area contributed by atoms with Crippen molar-refractivity contribution < 1.29 is 9.53 Å². The molecule has 23 heavy (non-hydrogen) atoms. The molecule has 1 amide bonds. The maximum Gasteiger partial charge on any atom is 0.231 e. The van der Waals surface area contributed by atoms with E-state index in [-0.39, 0.29) is 17.9 Å². The molecule has 1 saturated heterocycles. The largest absolute Gasteiger partial charge is 0.373 e. The molecule has 1 aliphatic heterocycles. The monoisotopic (exact) mass is 317 g/mol. The lowest BCUT2D eigenvalue weighted by molar-refractivity contribution is -0.121. The Labute approximate surface area is 135 Å². The fourth-order valence-corrected chi connectivity index (χ4v) is 3.01. The van der Waals surface area contributed by atoms with E-state index in [4.69, 9.17) is 4.74 Å². The Balaban J connectivity index is 1.72. The van der Waals surface area contributed by atoms with Crippen LogP contribution in [0.4, 0.5) is 5.82 Å². The first-order valence-electron chi connectivity index (χ1n) is 8.02. The second kappa shape index (κ2) is 6.54. The van der Waals surface area contributed by atoms with Gasteiger partial charge in [-0.3, -0.25) is 14.2 Å². The van der Waals surface area contributed by atoms with Crippen molar-refractivity contribution in [3.63, 3.8) is 0 Å². The molecule has 1 aliphatic rings. The number of nitrogens with one attached hydrogen (secondary N) is 1. The molecule has 0 spiro atoms. The van der Waals surface area contributed by atoms with Crippen molar-refractivity contribution in [3.8, 4) is 0 Å².